The minimum Gasteiger partial charge on any atom is -0.393 e. The Hall–Kier alpha value is -2.82. The topological polar surface area (TPSA) is 151 Å². The molecule has 0 bridgehead atoms. The average molecular weight is 300 g/mol. The summed E-state index contributed by atoms with van der Waals surface area (Å²) in [5.41, 5.74) is -0.754. The van der Waals surface area contributed by atoms with E-state index < -0.39 is 43.1 Å². The van der Waals surface area contributed by atoms with E-state index in [0.29, 0.717) is 12.1 Å². The minimum absolute atomic E-state index is 0.604. The lowest BCUT2D eigenvalue weighted by atomic mass is 10.1. The van der Waals surface area contributed by atoms with Gasteiger partial charge in [-0.2, -0.15) is 5.48 Å². The first kappa shape index (κ1) is 16.2. The molecule has 0 aliphatic carbocycles. The number of hydrogen-bond donors (Lipinski definition) is 1. The van der Waals surface area contributed by atoms with Crippen LogP contribution in [0.1, 0.15) is 20.8 Å². The molecule has 11 nitrogen and oxygen atoms in total. The van der Waals surface area contributed by atoms with Crippen molar-refractivity contribution in [3.63, 3.8) is 0 Å². The molecule has 0 atom stereocenters. The Balaban J connectivity index is 3.46. The summed E-state index contributed by atoms with van der Waals surface area (Å²) < 4.78 is 0. The molecule has 0 fully saturated rings. The Morgan fingerprint density at radius 1 is 0.952 bits per heavy atom. The summed E-state index contributed by atoms with van der Waals surface area (Å²) in [6.07, 6.45) is 0. The van der Waals surface area contributed by atoms with Gasteiger partial charge in [0.1, 0.15) is 0 Å². The van der Waals surface area contributed by atoms with Crippen LogP contribution < -0.4 is 10.3 Å². The minimum atomic E-state index is -0.986. The van der Waals surface area contributed by atoms with Gasteiger partial charge in [0.15, 0.2) is 0 Å². The first-order valence-corrected chi connectivity index (χ1v) is 5.58. The number of benzene rings is 1. The molecule has 1 aromatic carbocycles. The maximum atomic E-state index is 10.9. The van der Waals surface area contributed by atoms with Crippen LogP contribution in [0.25, 0.3) is 0 Å². The van der Waals surface area contributed by atoms with E-state index in [2.05, 4.69) is 5.48 Å². The first-order chi connectivity index (χ1) is 9.53. The van der Waals surface area contributed by atoms with Gasteiger partial charge in [0.25, 0.3) is 5.69 Å². The number of non-ortho nitro benzene ring substituents is 1. The van der Waals surface area contributed by atoms with E-state index in [9.17, 15) is 30.3 Å². The number of rotatable bonds is 5. The van der Waals surface area contributed by atoms with E-state index in [1.54, 1.807) is 20.8 Å². The van der Waals surface area contributed by atoms with Crippen molar-refractivity contribution in [1.29, 1.82) is 0 Å². The highest BCUT2D eigenvalue weighted by molar-refractivity contribution is 5.65. The Labute approximate surface area is 117 Å². The lowest BCUT2D eigenvalue weighted by Gasteiger charge is -2.19. The van der Waals surface area contributed by atoms with Gasteiger partial charge < -0.3 is 4.84 Å². The molecule has 0 spiro atoms. The molecule has 1 N–H and O–H groups in total. The van der Waals surface area contributed by atoms with E-state index in [0.717, 1.165) is 0 Å². The van der Waals surface area contributed by atoms with Gasteiger partial charge in [0.05, 0.1) is 26.9 Å². The normalized spacial score (nSPS) is 11.0. The van der Waals surface area contributed by atoms with Gasteiger partial charge in [0.2, 0.25) is 0 Å². The number of nitrogens with zero attached hydrogens (tertiary/aromatic N) is 3. The molecular weight excluding hydrogens is 288 g/mol. The van der Waals surface area contributed by atoms with Crippen molar-refractivity contribution >= 4 is 17.1 Å². The second kappa shape index (κ2) is 5.66. The second-order valence-corrected chi connectivity index (χ2v) is 5.04. The van der Waals surface area contributed by atoms with Crippen LogP contribution in [0.4, 0.5) is 17.1 Å². The predicted octanol–water partition coefficient (Wildman–Crippen LogP) is 2.09. The van der Waals surface area contributed by atoms with Crippen LogP contribution in [0.2, 0.25) is 0 Å². The summed E-state index contributed by atoms with van der Waals surface area (Å²) in [7, 11) is 0. The summed E-state index contributed by atoms with van der Waals surface area (Å²) >= 11 is 0. The van der Waals surface area contributed by atoms with Crippen molar-refractivity contribution < 1.29 is 19.6 Å². The van der Waals surface area contributed by atoms with E-state index in [1.165, 1.54) is 0 Å². The fourth-order valence-electron chi connectivity index (χ4n) is 1.27. The SMILES string of the molecule is CC(C)(C)NOc1c([N+](=O)[O-])cc([N+](=O)[O-])cc1[N+](=O)[O-]. The summed E-state index contributed by atoms with van der Waals surface area (Å²) in [6.45, 7) is 4.99. The molecule has 0 saturated heterocycles. The van der Waals surface area contributed by atoms with Crippen molar-refractivity contribution in [2.75, 3.05) is 0 Å². The Morgan fingerprint density at radius 3 is 1.67 bits per heavy atom. The van der Waals surface area contributed by atoms with E-state index >= 15 is 0 Å². The van der Waals surface area contributed by atoms with Crippen LogP contribution in [-0.2, 0) is 0 Å². The van der Waals surface area contributed by atoms with Crippen molar-refractivity contribution in [2.24, 2.45) is 0 Å². The third-order valence-electron chi connectivity index (χ3n) is 2.10. The van der Waals surface area contributed by atoms with Crippen LogP contribution in [-0.4, -0.2) is 20.3 Å². The number of nitrogens with one attached hydrogen (secondary N) is 1. The van der Waals surface area contributed by atoms with Crippen LogP contribution >= 0.6 is 0 Å². The van der Waals surface area contributed by atoms with Crippen LogP contribution in [0.5, 0.6) is 5.75 Å². The Bertz CT molecular complexity index is 573. The van der Waals surface area contributed by atoms with Gasteiger partial charge in [-0.1, -0.05) is 0 Å². The average Bonchev–Trinajstić information content (AvgIpc) is 2.33. The molecule has 114 valence electrons. The number of nitro benzene ring substituents is 3. The Kier molecular flexibility index (Phi) is 4.38. The zero-order valence-corrected chi connectivity index (χ0v) is 11.4. The molecule has 21 heavy (non-hydrogen) atoms. The van der Waals surface area contributed by atoms with E-state index in [1.807, 2.05) is 0 Å². The van der Waals surface area contributed by atoms with Crippen molar-refractivity contribution in [3.05, 3.63) is 42.5 Å². The van der Waals surface area contributed by atoms with Gasteiger partial charge in [0, 0.05) is 5.54 Å². The molecule has 0 aliphatic heterocycles. The molecule has 0 saturated carbocycles. The van der Waals surface area contributed by atoms with Gasteiger partial charge in [-0.3, -0.25) is 30.3 Å². The van der Waals surface area contributed by atoms with Crippen molar-refractivity contribution in [2.45, 2.75) is 26.3 Å². The smallest absolute Gasteiger partial charge is 0.327 e. The zero-order valence-electron chi connectivity index (χ0n) is 11.4. The van der Waals surface area contributed by atoms with Crippen molar-refractivity contribution in [1.82, 2.24) is 5.48 Å². The maximum Gasteiger partial charge on any atom is 0.327 e. The summed E-state index contributed by atoms with van der Waals surface area (Å²) in [5.74, 6) is -0.689. The molecule has 0 heterocycles. The monoisotopic (exact) mass is 300 g/mol. The van der Waals surface area contributed by atoms with Crippen LogP contribution in [0.3, 0.4) is 0 Å². The molecule has 0 unspecified atom stereocenters. The molecule has 1 rings (SSSR count). The van der Waals surface area contributed by atoms with E-state index in [4.69, 9.17) is 4.84 Å². The van der Waals surface area contributed by atoms with E-state index in [-0.39, 0.29) is 0 Å². The molecule has 11 heteroatoms. The molecule has 0 aromatic heterocycles. The molecule has 1 aromatic rings. The fraction of sp³-hybridized carbons (Fsp3) is 0.400. The summed E-state index contributed by atoms with van der Waals surface area (Å²) in [6, 6.07) is 1.21. The highest BCUT2D eigenvalue weighted by Gasteiger charge is 2.33. The molecule has 0 amide bonds. The number of hydroxylamine groups is 1. The molecule has 0 radical (unpaired) electrons. The number of hydrogen-bond acceptors (Lipinski definition) is 8. The van der Waals surface area contributed by atoms with Crippen LogP contribution in [0.15, 0.2) is 12.1 Å². The third-order valence-corrected chi connectivity index (χ3v) is 2.10. The quantitative estimate of drug-likeness (QED) is 0.641. The molecular formula is C10H12N4O7. The fourth-order valence-corrected chi connectivity index (χ4v) is 1.27. The highest BCUT2D eigenvalue weighted by Crippen LogP contribution is 2.40. The second-order valence-electron chi connectivity index (χ2n) is 5.04. The summed E-state index contributed by atoms with van der Waals surface area (Å²) in [5, 5.41) is 32.6. The first-order valence-electron chi connectivity index (χ1n) is 5.58. The van der Waals surface area contributed by atoms with Gasteiger partial charge >= 0.3 is 17.1 Å². The predicted molar refractivity (Wildman–Crippen MR) is 69.9 cm³/mol. The molecule has 0 aliphatic rings. The van der Waals surface area contributed by atoms with Gasteiger partial charge in [-0.05, 0) is 20.8 Å². The zero-order chi connectivity index (χ0) is 16.4. The standard InChI is InChI=1S/C10H12N4O7/c1-10(2,3)11-21-9-7(13(17)18)4-6(12(15)16)5-8(9)14(19)20/h4-5,11H,1-3H3. The Morgan fingerprint density at radius 2 is 1.38 bits per heavy atom. The summed E-state index contributed by atoms with van der Waals surface area (Å²) in [4.78, 5) is 34.6. The third kappa shape index (κ3) is 4.07. The number of nitro groups is 3. The van der Waals surface area contributed by atoms with Gasteiger partial charge in [-0.15, -0.1) is 0 Å². The van der Waals surface area contributed by atoms with Crippen molar-refractivity contribution in [3.8, 4) is 5.75 Å². The highest BCUT2D eigenvalue weighted by atomic mass is 16.7. The largest absolute Gasteiger partial charge is 0.393 e. The maximum absolute atomic E-state index is 10.9. The lowest BCUT2D eigenvalue weighted by molar-refractivity contribution is -0.404. The van der Waals surface area contributed by atoms with Crippen LogP contribution in [0, 0.1) is 30.3 Å². The lowest BCUT2D eigenvalue weighted by Crippen LogP contribution is -2.38. The van der Waals surface area contributed by atoms with Gasteiger partial charge in [-0.25, -0.2) is 0 Å².